The van der Waals surface area contributed by atoms with Gasteiger partial charge in [0.05, 0.1) is 17.7 Å². The molecule has 0 saturated heterocycles. The Balaban J connectivity index is 2.23. The Bertz CT molecular complexity index is 940. The van der Waals surface area contributed by atoms with Crippen molar-refractivity contribution in [2.75, 3.05) is 18.9 Å². The van der Waals surface area contributed by atoms with Gasteiger partial charge in [-0.15, -0.1) is 0 Å². The van der Waals surface area contributed by atoms with Crippen molar-refractivity contribution in [2.24, 2.45) is 0 Å². The molecule has 0 aliphatic rings. The molecular formula is C19H15BrF6N2O2. The van der Waals surface area contributed by atoms with Gasteiger partial charge in [0, 0.05) is 22.8 Å². The topological polar surface area (TPSA) is 49.4 Å². The van der Waals surface area contributed by atoms with Crippen LogP contribution in [-0.4, -0.2) is 30.3 Å². The highest BCUT2D eigenvalue weighted by Crippen LogP contribution is 2.36. The van der Waals surface area contributed by atoms with E-state index >= 15 is 0 Å². The molecular weight excluding hydrogens is 482 g/mol. The Kier molecular flexibility index (Phi) is 6.85. The smallest absolute Gasteiger partial charge is 0.332 e. The van der Waals surface area contributed by atoms with Crippen LogP contribution in [0, 0.1) is 6.92 Å². The summed E-state index contributed by atoms with van der Waals surface area (Å²) < 4.78 is 78.5. The summed E-state index contributed by atoms with van der Waals surface area (Å²) in [5.41, 5.74) is -2.89. The second-order valence-electron chi connectivity index (χ2n) is 6.46. The van der Waals surface area contributed by atoms with Gasteiger partial charge in [-0.25, -0.2) is 0 Å². The lowest BCUT2D eigenvalue weighted by Crippen LogP contribution is -2.35. The van der Waals surface area contributed by atoms with Crippen LogP contribution < -0.4 is 5.32 Å². The number of amides is 2. The number of halogens is 7. The van der Waals surface area contributed by atoms with E-state index in [2.05, 4.69) is 21.2 Å². The first-order valence-electron chi connectivity index (χ1n) is 8.29. The molecule has 162 valence electrons. The number of anilines is 1. The maximum absolute atomic E-state index is 13.0. The molecule has 1 N–H and O–H groups in total. The van der Waals surface area contributed by atoms with E-state index in [0.29, 0.717) is 23.4 Å². The highest BCUT2D eigenvalue weighted by molar-refractivity contribution is 9.10. The van der Waals surface area contributed by atoms with Crippen LogP contribution in [0.3, 0.4) is 0 Å². The summed E-state index contributed by atoms with van der Waals surface area (Å²) in [6, 6.07) is 5.57. The molecule has 0 radical (unpaired) electrons. The average molecular weight is 497 g/mol. The van der Waals surface area contributed by atoms with Crippen molar-refractivity contribution in [1.29, 1.82) is 0 Å². The van der Waals surface area contributed by atoms with Crippen molar-refractivity contribution >= 4 is 33.4 Å². The van der Waals surface area contributed by atoms with Gasteiger partial charge in [-0.05, 0) is 48.9 Å². The van der Waals surface area contributed by atoms with Crippen LogP contribution in [0.5, 0.6) is 0 Å². The van der Waals surface area contributed by atoms with E-state index in [4.69, 9.17) is 0 Å². The molecule has 2 amide bonds. The molecule has 2 aromatic carbocycles. The van der Waals surface area contributed by atoms with Crippen LogP contribution in [0.1, 0.15) is 27.0 Å². The summed E-state index contributed by atoms with van der Waals surface area (Å²) >= 11 is 3.26. The summed E-state index contributed by atoms with van der Waals surface area (Å²) in [5.74, 6) is -1.83. The van der Waals surface area contributed by atoms with Crippen molar-refractivity contribution in [1.82, 2.24) is 4.90 Å². The zero-order valence-electron chi connectivity index (χ0n) is 15.6. The monoisotopic (exact) mass is 496 g/mol. The van der Waals surface area contributed by atoms with E-state index in [1.54, 1.807) is 25.1 Å². The molecule has 0 bridgehead atoms. The molecule has 0 heterocycles. The molecule has 2 rings (SSSR count). The molecule has 0 atom stereocenters. The van der Waals surface area contributed by atoms with Gasteiger partial charge >= 0.3 is 12.4 Å². The van der Waals surface area contributed by atoms with E-state index in [-0.39, 0.29) is 6.07 Å². The summed E-state index contributed by atoms with van der Waals surface area (Å²) in [5, 5.41) is 2.53. The Morgan fingerprint density at radius 3 is 1.97 bits per heavy atom. The number of benzene rings is 2. The number of carbonyl (C=O) groups is 2. The number of nitrogens with one attached hydrogen (secondary N) is 1. The quantitative estimate of drug-likeness (QED) is 0.567. The number of aryl methyl sites for hydroxylation is 1. The molecule has 0 spiro atoms. The normalized spacial score (nSPS) is 11.9. The molecule has 0 aromatic heterocycles. The van der Waals surface area contributed by atoms with E-state index in [1.807, 2.05) is 0 Å². The summed E-state index contributed by atoms with van der Waals surface area (Å²) in [4.78, 5) is 25.3. The summed E-state index contributed by atoms with van der Waals surface area (Å²) in [6.07, 6.45) is -10.2. The van der Waals surface area contributed by atoms with Gasteiger partial charge in [0.15, 0.2) is 0 Å². The lowest BCUT2D eigenvalue weighted by Gasteiger charge is -2.19. The van der Waals surface area contributed by atoms with Gasteiger partial charge in [-0.1, -0.05) is 15.9 Å². The lowest BCUT2D eigenvalue weighted by molar-refractivity contribution is -0.143. The van der Waals surface area contributed by atoms with Crippen molar-refractivity contribution in [3.05, 3.63) is 63.1 Å². The van der Waals surface area contributed by atoms with E-state index in [1.165, 1.54) is 0 Å². The first kappa shape index (κ1) is 23.7. The summed E-state index contributed by atoms with van der Waals surface area (Å²) in [7, 11) is 1.10. The number of alkyl halides is 6. The van der Waals surface area contributed by atoms with E-state index in [0.717, 1.165) is 16.4 Å². The number of likely N-dealkylation sites (N-methyl/N-ethyl adjacent to an activating group) is 1. The number of hydrogen-bond acceptors (Lipinski definition) is 2. The highest BCUT2D eigenvalue weighted by atomic mass is 79.9. The van der Waals surface area contributed by atoms with Crippen molar-refractivity contribution in [2.45, 2.75) is 19.3 Å². The van der Waals surface area contributed by atoms with Gasteiger partial charge < -0.3 is 10.2 Å². The minimum Gasteiger partial charge on any atom is -0.332 e. The Morgan fingerprint density at radius 2 is 1.50 bits per heavy atom. The summed E-state index contributed by atoms with van der Waals surface area (Å²) in [6.45, 7) is 1.14. The maximum Gasteiger partial charge on any atom is 0.416 e. The van der Waals surface area contributed by atoms with Crippen LogP contribution in [0.4, 0.5) is 32.0 Å². The minimum absolute atomic E-state index is 0.0696. The van der Waals surface area contributed by atoms with Gasteiger partial charge in [0.2, 0.25) is 5.91 Å². The molecule has 0 unspecified atom stereocenters. The molecule has 2 aromatic rings. The third-order valence-electron chi connectivity index (χ3n) is 4.02. The number of carbonyl (C=O) groups excluding carboxylic acids is 2. The Morgan fingerprint density at radius 1 is 0.967 bits per heavy atom. The number of rotatable bonds is 4. The fourth-order valence-corrected chi connectivity index (χ4v) is 3.02. The third-order valence-corrected chi connectivity index (χ3v) is 4.52. The standard InChI is InChI=1S/C19H15BrF6N2O2/c1-10-5-14(20)3-4-15(10)27-16(29)9-28(2)17(30)11-6-12(18(21,22)23)8-13(7-11)19(24,25)26/h3-8H,9H2,1-2H3,(H,27,29). The van der Waals surface area contributed by atoms with Crippen molar-refractivity contribution in [3.63, 3.8) is 0 Å². The Labute approximate surface area is 176 Å². The average Bonchev–Trinajstić information content (AvgIpc) is 2.61. The predicted molar refractivity (Wildman–Crippen MR) is 101 cm³/mol. The van der Waals surface area contributed by atoms with Gasteiger partial charge in [-0.2, -0.15) is 26.3 Å². The molecule has 30 heavy (non-hydrogen) atoms. The number of nitrogens with zero attached hydrogens (tertiary/aromatic N) is 1. The van der Waals surface area contributed by atoms with Crippen LogP contribution in [0.25, 0.3) is 0 Å². The first-order valence-corrected chi connectivity index (χ1v) is 9.08. The van der Waals surface area contributed by atoms with E-state index < -0.39 is 47.4 Å². The van der Waals surface area contributed by atoms with Crippen molar-refractivity contribution < 1.29 is 35.9 Å². The van der Waals surface area contributed by atoms with Gasteiger partial charge in [-0.3, -0.25) is 9.59 Å². The van der Waals surface area contributed by atoms with E-state index in [9.17, 15) is 35.9 Å². The van der Waals surface area contributed by atoms with Crippen LogP contribution in [0.2, 0.25) is 0 Å². The van der Waals surface area contributed by atoms with Crippen LogP contribution in [0.15, 0.2) is 40.9 Å². The van der Waals surface area contributed by atoms with Gasteiger partial charge in [0.25, 0.3) is 5.91 Å². The molecule has 4 nitrogen and oxygen atoms in total. The second kappa shape index (κ2) is 8.66. The Hall–Kier alpha value is -2.56. The predicted octanol–water partition coefficient (Wildman–Crippen LogP) is 5.51. The van der Waals surface area contributed by atoms with Gasteiger partial charge in [0.1, 0.15) is 0 Å². The lowest BCUT2D eigenvalue weighted by atomic mass is 10.0. The SMILES string of the molecule is Cc1cc(Br)ccc1NC(=O)CN(C)C(=O)c1cc(C(F)(F)F)cc(C(F)(F)F)c1. The zero-order valence-corrected chi connectivity index (χ0v) is 17.2. The molecule has 0 saturated carbocycles. The molecule has 0 aliphatic heterocycles. The largest absolute Gasteiger partial charge is 0.416 e. The fourth-order valence-electron chi connectivity index (χ4n) is 2.54. The maximum atomic E-state index is 13.0. The van der Waals surface area contributed by atoms with Crippen molar-refractivity contribution in [3.8, 4) is 0 Å². The number of hydrogen-bond donors (Lipinski definition) is 1. The zero-order chi connectivity index (χ0) is 22.9. The molecule has 11 heteroatoms. The van der Waals surface area contributed by atoms with Crippen LogP contribution in [-0.2, 0) is 17.1 Å². The fraction of sp³-hybridized carbons (Fsp3) is 0.263. The molecule has 0 fully saturated rings. The minimum atomic E-state index is -5.08. The third kappa shape index (κ3) is 5.97. The first-order chi connectivity index (χ1) is 13.7. The highest BCUT2D eigenvalue weighted by Gasteiger charge is 2.37. The molecule has 0 aliphatic carbocycles. The second-order valence-corrected chi connectivity index (χ2v) is 7.38. The van der Waals surface area contributed by atoms with Crippen LogP contribution >= 0.6 is 15.9 Å².